The van der Waals surface area contributed by atoms with Gasteiger partial charge in [-0.1, -0.05) is 6.92 Å². The van der Waals surface area contributed by atoms with Crippen molar-refractivity contribution in [1.82, 2.24) is 19.5 Å². The highest BCUT2D eigenvalue weighted by molar-refractivity contribution is 5.81. The van der Waals surface area contributed by atoms with Crippen LogP contribution in [-0.4, -0.2) is 52.3 Å². The van der Waals surface area contributed by atoms with E-state index in [1.807, 2.05) is 0 Å². The van der Waals surface area contributed by atoms with E-state index in [2.05, 4.69) is 27.3 Å². The lowest BCUT2D eigenvalue weighted by Gasteiger charge is -2.32. The standard InChI is InChI=1S/C21H23F4N5O/c1-3-29-9-4-5-13(12-29)26-20-28-27-18(19-17(22)8-10-30(19)20)15-7-6-14(31-2)11-16(15)21(23,24)25/h6-8,10-11,13H,3-5,9,12H2,1-2H3,(H,26,28). The summed E-state index contributed by atoms with van der Waals surface area (Å²) in [5.41, 5.74) is -1.46. The lowest BCUT2D eigenvalue weighted by atomic mass is 10.0. The molecule has 0 radical (unpaired) electrons. The summed E-state index contributed by atoms with van der Waals surface area (Å²) < 4.78 is 62.2. The Labute approximate surface area is 176 Å². The molecule has 31 heavy (non-hydrogen) atoms. The summed E-state index contributed by atoms with van der Waals surface area (Å²) in [5, 5.41) is 11.4. The molecular formula is C21H23F4N5O. The number of hydrogen-bond donors (Lipinski definition) is 1. The van der Waals surface area contributed by atoms with Crippen LogP contribution in [0, 0.1) is 5.82 Å². The van der Waals surface area contributed by atoms with Crippen LogP contribution in [0.15, 0.2) is 30.5 Å². The molecule has 0 spiro atoms. The molecule has 6 nitrogen and oxygen atoms in total. The van der Waals surface area contributed by atoms with Gasteiger partial charge in [0.2, 0.25) is 5.95 Å². The van der Waals surface area contributed by atoms with Gasteiger partial charge in [0.1, 0.15) is 17.0 Å². The number of aromatic nitrogens is 3. The first-order valence-corrected chi connectivity index (χ1v) is 10.1. The topological polar surface area (TPSA) is 54.7 Å². The van der Waals surface area contributed by atoms with Gasteiger partial charge in [-0.15, -0.1) is 10.2 Å². The van der Waals surface area contributed by atoms with Crippen molar-refractivity contribution in [1.29, 1.82) is 0 Å². The Morgan fingerprint density at radius 3 is 2.74 bits per heavy atom. The minimum atomic E-state index is -4.67. The van der Waals surface area contributed by atoms with Crippen LogP contribution in [-0.2, 0) is 6.18 Å². The van der Waals surface area contributed by atoms with Crippen molar-refractivity contribution in [3.05, 3.63) is 41.8 Å². The number of piperidine rings is 1. The van der Waals surface area contributed by atoms with Crippen LogP contribution in [0.25, 0.3) is 16.8 Å². The Kier molecular flexibility index (Phi) is 5.74. The molecule has 10 heteroatoms. The highest BCUT2D eigenvalue weighted by Gasteiger charge is 2.35. The smallest absolute Gasteiger partial charge is 0.417 e. The Balaban J connectivity index is 1.78. The average Bonchev–Trinajstić information content (AvgIpc) is 3.15. The Hall–Kier alpha value is -2.88. The minimum absolute atomic E-state index is 0.0481. The molecule has 0 saturated carbocycles. The number of methoxy groups -OCH3 is 1. The summed E-state index contributed by atoms with van der Waals surface area (Å²) in [6, 6.07) is 4.78. The molecule has 4 rings (SSSR count). The van der Waals surface area contributed by atoms with E-state index in [0.717, 1.165) is 38.5 Å². The number of nitrogens with one attached hydrogen (secondary N) is 1. The first-order valence-electron chi connectivity index (χ1n) is 10.1. The van der Waals surface area contributed by atoms with Crippen molar-refractivity contribution in [3.63, 3.8) is 0 Å². The Bertz CT molecular complexity index is 1080. The predicted molar refractivity (Wildman–Crippen MR) is 109 cm³/mol. The number of rotatable bonds is 5. The number of hydrogen-bond acceptors (Lipinski definition) is 5. The highest BCUT2D eigenvalue weighted by atomic mass is 19.4. The summed E-state index contributed by atoms with van der Waals surface area (Å²) in [6.45, 7) is 4.84. The molecule has 1 fully saturated rings. The Morgan fingerprint density at radius 2 is 2.03 bits per heavy atom. The maximum absolute atomic E-state index is 14.7. The molecule has 1 aromatic carbocycles. The molecule has 0 bridgehead atoms. The number of halogens is 4. The van der Waals surface area contributed by atoms with Crippen molar-refractivity contribution in [3.8, 4) is 17.0 Å². The van der Waals surface area contributed by atoms with Gasteiger partial charge in [-0.05, 0) is 50.2 Å². The number of nitrogens with zero attached hydrogens (tertiary/aromatic N) is 4. The fraction of sp³-hybridized carbons (Fsp3) is 0.429. The van der Waals surface area contributed by atoms with Gasteiger partial charge in [-0.25, -0.2) is 4.39 Å². The van der Waals surface area contributed by atoms with Gasteiger partial charge in [-0.3, -0.25) is 4.40 Å². The van der Waals surface area contributed by atoms with E-state index >= 15 is 0 Å². The molecule has 1 aliphatic rings. The van der Waals surface area contributed by atoms with Crippen LogP contribution in [0.5, 0.6) is 5.75 Å². The predicted octanol–water partition coefficient (Wildman–Crippen LogP) is 4.46. The van der Waals surface area contributed by atoms with Crippen LogP contribution < -0.4 is 10.1 Å². The molecule has 2 aromatic heterocycles. The molecule has 3 aromatic rings. The van der Waals surface area contributed by atoms with Crippen LogP contribution in [0.1, 0.15) is 25.3 Å². The second-order valence-corrected chi connectivity index (χ2v) is 7.54. The minimum Gasteiger partial charge on any atom is -0.497 e. The first-order chi connectivity index (χ1) is 14.8. The number of anilines is 1. The third kappa shape index (κ3) is 4.16. The lowest BCUT2D eigenvalue weighted by Crippen LogP contribution is -2.42. The molecule has 166 valence electrons. The van der Waals surface area contributed by atoms with Gasteiger partial charge in [0.25, 0.3) is 0 Å². The fourth-order valence-corrected chi connectivity index (χ4v) is 4.02. The van der Waals surface area contributed by atoms with E-state index in [1.54, 1.807) is 0 Å². The van der Waals surface area contributed by atoms with Crippen molar-refractivity contribution >= 4 is 11.5 Å². The summed E-state index contributed by atoms with van der Waals surface area (Å²) in [5.74, 6) is -0.324. The van der Waals surface area contributed by atoms with E-state index in [1.165, 1.54) is 35.9 Å². The monoisotopic (exact) mass is 437 g/mol. The van der Waals surface area contributed by atoms with Gasteiger partial charge < -0.3 is 15.0 Å². The van der Waals surface area contributed by atoms with Gasteiger partial charge in [-0.2, -0.15) is 13.2 Å². The zero-order valence-electron chi connectivity index (χ0n) is 17.2. The zero-order chi connectivity index (χ0) is 22.2. The van der Waals surface area contributed by atoms with Gasteiger partial charge in [0.05, 0.1) is 12.7 Å². The van der Waals surface area contributed by atoms with Gasteiger partial charge in [0, 0.05) is 24.3 Å². The summed E-state index contributed by atoms with van der Waals surface area (Å²) in [7, 11) is 1.28. The molecule has 1 unspecified atom stereocenters. The number of likely N-dealkylation sites (tertiary alicyclic amines) is 1. The number of benzene rings is 1. The number of likely N-dealkylation sites (N-methyl/N-ethyl adjacent to an activating group) is 1. The van der Waals surface area contributed by atoms with E-state index in [4.69, 9.17) is 4.74 Å². The van der Waals surface area contributed by atoms with Crippen LogP contribution in [0.3, 0.4) is 0 Å². The summed E-state index contributed by atoms with van der Waals surface area (Å²) in [4.78, 5) is 2.30. The highest BCUT2D eigenvalue weighted by Crippen LogP contribution is 2.40. The molecule has 0 amide bonds. The Morgan fingerprint density at radius 1 is 1.23 bits per heavy atom. The van der Waals surface area contributed by atoms with Crippen molar-refractivity contribution in [2.45, 2.75) is 32.0 Å². The van der Waals surface area contributed by atoms with Gasteiger partial charge >= 0.3 is 6.18 Å². The molecule has 1 N–H and O–H groups in total. The molecule has 1 atom stereocenters. The largest absolute Gasteiger partial charge is 0.497 e. The van der Waals surface area contributed by atoms with Crippen molar-refractivity contribution in [2.24, 2.45) is 0 Å². The molecular weight excluding hydrogens is 414 g/mol. The second-order valence-electron chi connectivity index (χ2n) is 7.54. The summed E-state index contributed by atoms with van der Waals surface area (Å²) >= 11 is 0. The average molecular weight is 437 g/mol. The normalized spacial score (nSPS) is 17.8. The second kappa shape index (κ2) is 8.33. The number of alkyl halides is 3. The van der Waals surface area contributed by atoms with Crippen LogP contribution >= 0.6 is 0 Å². The number of fused-ring (bicyclic) bond motifs is 1. The van der Waals surface area contributed by atoms with Crippen LogP contribution in [0.4, 0.5) is 23.5 Å². The SMILES string of the molecule is CCN1CCCC(Nc2nnc(-c3ccc(OC)cc3C(F)(F)F)c3c(F)ccn23)C1. The van der Waals surface area contributed by atoms with Gasteiger partial charge in [0.15, 0.2) is 5.82 Å². The van der Waals surface area contributed by atoms with Crippen molar-refractivity contribution in [2.75, 3.05) is 32.1 Å². The van der Waals surface area contributed by atoms with E-state index in [-0.39, 0.29) is 28.6 Å². The maximum Gasteiger partial charge on any atom is 0.417 e. The fourth-order valence-electron chi connectivity index (χ4n) is 4.02. The van der Waals surface area contributed by atoms with Crippen molar-refractivity contribution < 1.29 is 22.3 Å². The maximum atomic E-state index is 14.7. The zero-order valence-corrected chi connectivity index (χ0v) is 17.2. The van der Waals surface area contributed by atoms with E-state index < -0.39 is 17.6 Å². The first kappa shape index (κ1) is 21.4. The van der Waals surface area contributed by atoms with Crippen LogP contribution in [0.2, 0.25) is 0 Å². The quantitative estimate of drug-likeness (QED) is 0.598. The van der Waals surface area contributed by atoms with E-state index in [0.29, 0.717) is 5.95 Å². The molecule has 1 saturated heterocycles. The molecule has 3 heterocycles. The molecule has 0 aliphatic carbocycles. The molecule has 1 aliphatic heterocycles. The van der Waals surface area contributed by atoms with E-state index in [9.17, 15) is 17.6 Å². The third-order valence-corrected chi connectivity index (χ3v) is 5.61. The lowest BCUT2D eigenvalue weighted by molar-refractivity contribution is -0.137. The number of ether oxygens (including phenoxy) is 1. The summed E-state index contributed by atoms with van der Waals surface area (Å²) in [6.07, 6.45) is -1.29. The third-order valence-electron chi connectivity index (χ3n) is 5.61.